The fourth-order valence-corrected chi connectivity index (χ4v) is 2.69. The number of aliphatic hydroxyl groups is 1. The van der Waals surface area contributed by atoms with E-state index in [1.165, 1.54) is 6.07 Å². The first-order chi connectivity index (χ1) is 8.20. The van der Waals surface area contributed by atoms with Crippen molar-refractivity contribution in [3.05, 3.63) is 35.6 Å². The third-order valence-electron chi connectivity index (χ3n) is 3.81. The van der Waals surface area contributed by atoms with E-state index in [1.54, 1.807) is 12.1 Å². The highest BCUT2D eigenvalue weighted by atomic mass is 19.1. The summed E-state index contributed by atoms with van der Waals surface area (Å²) in [5.74, 6) is 0.339. The smallest absolute Gasteiger partial charge is 0.123 e. The molecule has 1 heterocycles. The summed E-state index contributed by atoms with van der Waals surface area (Å²) in [6, 6.07) is 6.65. The zero-order chi connectivity index (χ0) is 12.3. The maximum absolute atomic E-state index is 13.2. The average Bonchev–Trinajstić information content (AvgIpc) is 2.33. The fourth-order valence-electron chi connectivity index (χ4n) is 2.69. The number of halogens is 1. The Bertz CT molecular complexity index is 361. The van der Waals surface area contributed by atoms with E-state index in [9.17, 15) is 9.50 Å². The van der Waals surface area contributed by atoms with Crippen molar-refractivity contribution < 1.29 is 9.50 Å². The Hall–Kier alpha value is -0.930. The van der Waals surface area contributed by atoms with Crippen LogP contribution >= 0.6 is 0 Å². The lowest BCUT2D eigenvalue weighted by atomic mass is 9.80. The first-order valence-corrected chi connectivity index (χ1v) is 6.25. The number of benzene rings is 1. The van der Waals surface area contributed by atoms with E-state index >= 15 is 0 Å². The molecule has 0 saturated carbocycles. The van der Waals surface area contributed by atoms with Crippen LogP contribution in [0.1, 0.15) is 24.3 Å². The van der Waals surface area contributed by atoms with Gasteiger partial charge < -0.3 is 10.0 Å². The van der Waals surface area contributed by atoms with Crippen LogP contribution in [0.4, 0.5) is 4.39 Å². The number of aliphatic hydroxyl groups excluding tert-OH is 1. The molecular weight excluding hydrogens is 217 g/mol. The van der Waals surface area contributed by atoms with Gasteiger partial charge in [-0.3, -0.25) is 0 Å². The van der Waals surface area contributed by atoms with Crippen LogP contribution in [0.3, 0.4) is 0 Å². The SMILES string of the molecule is CN1CCC(C(CO)c2cccc(F)c2)CC1. The van der Waals surface area contributed by atoms with Crippen molar-refractivity contribution in [2.75, 3.05) is 26.7 Å². The van der Waals surface area contributed by atoms with Crippen LogP contribution in [-0.4, -0.2) is 36.8 Å². The molecule has 0 amide bonds. The molecule has 1 fully saturated rings. The summed E-state index contributed by atoms with van der Waals surface area (Å²) in [7, 11) is 2.12. The fraction of sp³-hybridized carbons (Fsp3) is 0.571. The summed E-state index contributed by atoms with van der Waals surface area (Å²) < 4.78 is 13.2. The molecule has 0 spiro atoms. The molecule has 0 bridgehead atoms. The molecule has 1 atom stereocenters. The molecule has 0 aliphatic carbocycles. The Morgan fingerprint density at radius 3 is 2.71 bits per heavy atom. The van der Waals surface area contributed by atoms with Gasteiger partial charge in [-0.25, -0.2) is 4.39 Å². The minimum Gasteiger partial charge on any atom is -0.396 e. The highest BCUT2D eigenvalue weighted by Crippen LogP contribution is 2.32. The van der Waals surface area contributed by atoms with Gasteiger partial charge in [0, 0.05) is 5.92 Å². The predicted molar refractivity (Wildman–Crippen MR) is 66.4 cm³/mol. The Morgan fingerprint density at radius 2 is 2.12 bits per heavy atom. The molecule has 3 heteroatoms. The normalized spacial score (nSPS) is 20.4. The zero-order valence-electron chi connectivity index (χ0n) is 10.3. The van der Waals surface area contributed by atoms with Crippen LogP contribution in [0.25, 0.3) is 0 Å². The van der Waals surface area contributed by atoms with Gasteiger partial charge in [-0.05, 0) is 56.6 Å². The Labute approximate surface area is 102 Å². The minimum atomic E-state index is -0.214. The van der Waals surface area contributed by atoms with Crippen molar-refractivity contribution in [1.82, 2.24) is 4.90 Å². The number of nitrogens with zero attached hydrogens (tertiary/aromatic N) is 1. The van der Waals surface area contributed by atoms with Crippen molar-refractivity contribution >= 4 is 0 Å². The van der Waals surface area contributed by atoms with Gasteiger partial charge in [-0.1, -0.05) is 12.1 Å². The first kappa shape index (κ1) is 12.5. The number of rotatable bonds is 3. The van der Waals surface area contributed by atoms with Gasteiger partial charge in [-0.15, -0.1) is 0 Å². The third kappa shape index (κ3) is 3.05. The number of piperidine rings is 1. The van der Waals surface area contributed by atoms with Gasteiger partial charge in [0.2, 0.25) is 0 Å². The second kappa shape index (κ2) is 5.61. The molecule has 0 aromatic heterocycles. The quantitative estimate of drug-likeness (QED) is 0.871. The molecular formula is C14H20FNO. The molecule has 1 aromatic carbocycles. The molecule has 2 rings (SSSR count). The lowest BCUT2D eigenvalue weighted by molar-refractivity contribution is 0.156. The molecule has 1 saturated heterocycles. The largest absolute Gasteiger partial charge is 0.396 e. The van der Waals surface area contributed by atoms with Crippen LogP contribution < -0.4 is 0 Å². The molecule has 17 heavy (non-hydrogen) atoms. The Kier molecular flexibility index (Phi) is 4.13. The lowest BCUT2D eigenvalue weighted by Crippen LogP contribution is -2.33. The summed E-state index contributed by atoms with van der Waals surface area (Å²) >= 11 is 0. The molecule has 1 aliphatic heterocycles. The highest BCUT2D eigenvalue weighted by molar-refractivity contribution is 5.21. The van der Waals surface area contributed by atoms with Crippen molar-refractivity contribution in [3.8, 4) is 0 Å². The predicted octanol–water partition coefficient (Wildman–Crippen LogP) is 2.24. The van der Waals surface area contributed by atoms with Gasteiger partial charge in [0.15, 0.2) is 0 Å². The monoisotopic (exact) mass is 237 g/mol. The van der Waals surface area contributed by atoms with Gasteiger partial charge in [0.25, 0.3) is 0 Å². The van der Waals surface area contributed by atoms with E-state index in [2.05, 4.69) is 11.9 Å². The van der Waals surface area contributed by atoms with Crippen LogP contribution in [0.5, 0.6) is 0 Å². The number of hydrogen-bond donors (Lipinski definition) is 1. The molecule has 1 aromatic rings. The Morgan fingerprint density at radius 1 is 1.41 bits per heavy atom. The second-order valence-corrected chi connectivity index (χ2v) is 4.98. The van der Waals surface area contributed by atoms with E-state index in [0.29, 0.717) is 5.92 Å². The molecule has 2 nitrogen and oxygen atoms in total. The van der Waals surface area contributed by atoms with Gasteiger partial charge in [0.05, 0.1) is 6.61 Å². The summed E-state index contributed by atoms with van der Waals surface area (Å²) in [4.78, 5) is 2.30. The van der Waals surface area contributed by atoms with E-state index in [0.717, 1.165) is 31.5 Å². The second-order valence-electron chi connectivity index (χ2n) is 4.98. The molecule has 1 N–H and O–H groups in total. The third-order valence-corrected chi connectivity index (χ3v) is 3.81. The summed E-state index contributed by atoms with van der Waals surface area (Å²) in [6.07, 6.45) is 2.16. The van der Waals surface area contributed by atoms with E-state index in [-0.39, 0.29) is 18.3 Å². The summed E-state index contributed by atoms with van der Waals surface area (Å²) in [6.45, 7) is 2.24. The summed E-state index contributed by atoms with van der Waals surface area (Å²) in [5.41, 5.74) is 0.932. The van der Waals surface area contributed by atoms with Gasteiger partial charge in [0.1, 0.15) is 5.82 Å². The lowest BCUT2D eigenvalue weighted by Gasteiger charge is -2.33. The average molecular weight is 237 g/mol. The van der Waals surface area contributed by atoms with Crippen LogP contribution in [-0.2, 0) is 0 Å². The van der Waals surface area contributed by atoms with Gasteiger partial charge in [-0.2, -0.15) is 0 Å². The standard InChI is InChI=1S/C14H20FNO/c1-16-7-5-11(6-8-16)14(10-17)12-3-2-4-13(15)9-12/h2-4,9,11,14,17H,5-8,10H2,1H3. The van der Waals surface area contributed by atoms with Crippen LogP contribution in [0.2, 0.25) is 0 Å². The molecule has 1 unspecified atom stereocenters. The van der Waals surface area contributed by atoms with Crippen LogP contribution in [0, 0.1) is 11.7 Å². The van der Waals surface area contributed by atoms with Crippen molar-refractivity contribution in [3.63, 3.8) is 0 Å². The van der Waals surface area contributed by atoms with E-state index in [1.807, 2.05) is 6.07 Å². The zero-order valence-corrected chi connectivity index (χ0v) is 10.3. The van der Waals surface area contributed by atoms with Crippen molar-refractivity contribution in [2.45, 2.75) is 18.8 Å². The number of likely N-dealkylation sites (tertiary alicyclic amines) is 1. The van der Waals surface area contributed by atoms with Crippen molar-refractivity contribution in [1.29, 1.82) is 0 Å². The Balaban J connectivity index is 2.10. The highest BCUT2D eigenvalue weighted by Gasteiger charge is 2.26. The summed E-state index contributed by atoms with van der Waals surface area (Å²) in [5, 5.41) is 9.55. The molecule has 94 valence electrons. The van der Waals surface area contributed by atoms with Crippen LogP contribution in [0.15, 0.2) is 24.3 Å². The molecule has 1 aliphatic rings. The molecule has 0 radical (unpaired) electrons. The topological polar surface area (TPSA) is 23.5 Å². The number of hydrogen-bond acceptors (Lipinski definition) is 2. The van der Waals surface area contributed by atoms with E-state index < -0.39 is 0 Å². The van der Waals surface area contributed by atoms with Crippen molar-refractivity contribution in [2.24, 2.45) is 5.92 Å². The first-order valence-electron chi connectivity index (χ1n) is 6.25. The maximum atomic E-state index is 13.2. The maximum Gasteiger partial charge on any atom is 0.123 e. The minimum absolute atomic E-state index is 0.0828. The van der Waals surface area contributed by atoms with Gasteiger partial charge >= 0.3 is 0 Å². The van der Waals surface area contributed by atoms with E-state index in [4.69, 9.17) is 0 Å².